The molecule has 0 aromatic carbocycles. The zero-order valence-corrected chi connectivity index (χ0v) is 41.4. The van der Waals surface area contributed by atoms with Gasteiger partial charge >= 0.3 is 5.97 Å². The summed E-state index contributed by atoms with van der Waals surface area (Å²) in [4.78, 5) is 24.4. The molecule has 0 saturated carbocycles. The van der Waals surface area contributed by atoms with Crippen molar-refractivity contribution < 1.29 is 24.5 Å². The maximum absolute atomic E-state index is 12.4. The fourth-order valence-electron chi connectivity index (χ4n) is 8.19. The molecule has 0 aromatic heterocycles. The lowest BCUT2D eigenvalue weighted by atomic mass is 10.0. The van der Waals surface area contributed by atoms with E-state index >= 15 is 0 Å². The summed E-state index contributed by atoms with van der Waals surface area (Å²) in [7, 11) is 0. The molecule has 0 heterocycles. The Morgan fingerprint density at radius 2 is 0.806 bits per heavy atom. The van der Waals surface area contributed by atoms with Crippen LogP contribution in [0.1, 0.15) is 284 Å². The van der Waals surface area contributed by atoms with Crippen molar-refractivity contribution in [3.05, 3.63) is 36.5 Å². The van der Waals surface area contributed by atoms with Gasteiger partial charge in [0, 0.05) is 12.8 Å². The molecule has 0 radical (unpaired) electrons. The summed E-state index contributed by atoms with van der Waals surface area (Å²) in [6.45, 7) is 4.86. The summed E-state index contributed by atoms with van der Waals surface area (Å²) in [5, 5.41) is 23.1. The molecule has 6 nitrogen and oxygen atoms in total. The van der Waals surface area contributed by atoms with Crippen molar-refractivity contribution in [1.29, 1.82) is 0 Å². The molecule has 0 fully saturated rings. The third kappa shape index (κ3) is 47.6. The van der Waals surface area contributed by atoms with Gasteiger partial charge in [-0.15, -0.1) is 0 Å². The number of carbonyl (C=O) groups is 2. The zero-order valence-electron chi connectivity index (χ0n) is 41.4. The van der Waals surface area contributed by atoms with Crippen LogP contribution >= 0.6 is 0 Å². The highest BCUT2D eigenvalue weighted by Crippen LogP contribution is 2.16. The molecule has 0 aliphatic carbocycles. The van der Waals surface area contributed by atoms with Crippen molar-refractivity contribution in [2.24, 2.45) is 0 Å². The van der Waals surface area contributed by atoms with Crippen molar-refractivity contribution in [2.45, 2.75) is 296 Å². The minimum absolute atomic E-state index is 0.0153. The van der Waals surface area contributed by atoms with Crippen LogP contribution in [-0.4, -0.2) is 47.4 Å². The molecule has 0 spiro atoms. The van der Waals surface area contributed by atoms with Gasteiger partial charge in [0.1, 0.15) is 0 Å². The van der Waals surface area contributed by atoms with Crippen LogP contribution in [0.3, 0.4) is 0 Å². The van der Waals surface area contributed by atoms with Crippen LogP contribution in [0.25, 0.3) is 0 Å². The molecule has 62 heavy (non-hydrogen) atoms. The number of aliphatic hydroxyl groups excluding tert-OH is 2. The average Bonchev–Trinajstić information content (AvgIpc) is 3.27. The number of rotatable bonds is 50. The quantitative estimate of drug-likeness (QED) is 0.0321. The van der Waals surface area contributed by atoms with E-state index in [4.69, 9.17) is 4.74 Å². The number of carbonyl (C=O) groups excluding carboxylic acids is 2. The Hall–Kier alpha value is -1.92. The fraction of sp³-hybridized carbons (Fsp3) is 0.857. The number of ether oxygens (including phenoxy) is 1. The number of nitrogens with one attached hydrogen (secondary N) is 1. The van der Waals surface area contributed by atoms with Crippen LogP contribution in [0.4, 0.5) is 0 Å². The van der Waals surface area contributed by atoms with Crippen LogP contribution in [0.15, 0.2) is 36.5 Å². The highest BCUT2D eigenvalue weighted by atomic mass is 16.5. The summed E-state index contributed by atoms with van der Waals surface area (Å²) >= 11 is 0. The molecular weight excluding hydrogens is 767 g/mol. The van der Waals surface area contributed by atoms with Gasteiger partial charge in [-0.1, -0.05) is 237 Å². The molecule has 2 unspecified atom stereocenters. The second-order valence-electron chi connectivity index (χ2n) is 18.6. The minimum Gasteiger partial charge on any atom is -0.466 e. The van der Waals surface area contributed by atoms with Gasteiger partial charge in [-0.2, -0.15) is 0 Å². The van der Waals surface area contributed by atoms with Crippen molar-refractivity contribution in [3.8, 4) is 0 Å². The number of hydrogen-bond donors (Lipinski definition) is 3. The number of hydrogen-bond acceptors (Lipinski definition) is 5. The number of amides is 1. The van der Waals surface area contributed by atoms with E-state index in [-0.39, 0.29) is 18.5 Å². The molecule has 0 bridgehead atoms. The summed E-state index contributed by atoms with van der Waals surface area (Å²) in [6, 6.07) is -0.639. The van der Waals surface area contributed by atoms with Crippen LogP contribution in [0, 0.1) is 0 Å². The molecular formula is C56H105NO5. The highest BCUT2D eigenvalue weighted by Gasteiger charge is 2.18. The van der Waals surface area contributed by atoms with Gasteiger partial charge in [0.25, 0.3) is 0 Å². The number of unbranched alkanes of at least 4 members (excludes halogenated alkanes) is 35. The van der Waals surface area contributed by atoms with Gasteiger partial charge in [0.15, 0.2) is 0 Å². The molecule has 0 aliphatic heterocycles. The topological polar surface area (TPSA) is 95.9 Å². The lowest BCUT2D eigenvalue weighted by molar-refractivity contribution is -0.143. The molecule has 2 atom stereocenters. The van der Waals surface area contributed by atoms with Gasteiger partial charge in [-0.25, -0.2) is 0 Å². The fourth-order valence-corrected chi connectivity index (χ4v) is 8.19. The molecule has 0 saturated heterocycles. The Labute approximate surface area is 385 Å². The first-order chi connectivity index (χ1) is 30.5. The Balaban J connectivity index is 3.53. The number of esters is 1. The molecule has 3 N–H and O–H groups in total. The zero-order chi connectivity index (χ0) is 45.1. The summed E-state index contributed by atoms with van der Waals surface area (Å²) in [6.07, 6.45) is 62.9. The second kappa shape index (κ2) is 51.7. The van der Waals surface area contributed by atoms with Crippen LogP contribution in [0.5, 0.6) is 0 Å². The van der Waals surface area contributed by atoms with Gasteiger partial charge in [-0.3, -0.25) is 9.59 Å². The maximum Gasteiger partial charge on any atom is 0.305 e. The summed E-state index contributed by atoms with van der Waals surface area (Å²) in [5.41, 5.74) is 0. The van der Waals surface area contributed by atoms with E-state index in [0.717, 1.165) is 83.5 Å². The largest absolute Gasteiger partial charge is 0.466 e. The smallest absolute Gasteiger partial charge is 0.305 e. The third-order valence-electron chi connectivity index (χ3n) is 12.4. The van der Waals surface area contributed by atoms with E-state index in [1.165, 1.54) is 173 Å². The first-order valence-electron chi connectivity index (χ1n) is 27.3. The van der Waals surface area contributed by atoms with E-state index < -0.39 is 12.1 Å². The van der Waals surface area contributed by atoms with E-state index in [0.29, 0.717) is 19.4 Å². The predicted octanol–water partition coefficient (Wildman–Crippen LogP) is 16.5. The standard InChI is InChI=1S/C56H105NO5/c1-3-5-7-9-11-13-15-17-21-25-28-32-36-40-44-48-54(59)53(52-58)57-55(60)49-45-41-37-33-29-26-22-19-18-20-23-27-31-35-39-43-47-51-62-56(61)50-46-42-38-34-30-24-16-14-12-10-8-6-4-2/h18,20,27,31,44,48,53-54,58-59H,3-17,19,21-26,28-30,32-43,45-47,49-52H2,1-2H3,(H,57,60)/b20-18-,31-27-,48-44+. The van der Waals surface area contributed by atoms with Crippen LogP contribution in [0.2, 0.25) is 0 Å². The number of allylic oxidation sites excluding steroid dienone is 5. The molecule has 364 valence electrons. The molecule has 6 heteroatoms. The van der Waals surface area contributed by atoms with Crippen molar-refractivity contribution in [3.63, 3.8) is 0 Å². The highest BCUT2D eigenvalue weighted by molar-refractivity contribution is 5.76. The Bertz CT molecular complexity index is 1010. The van der Waals surface area contributed by atoms with E-state index in [9.17, 15) is 19.8 Å². The SMILES string of the molecule is CCCCCCCCCCCCCCC/C=C/C(O)C(CO)NC(=O)CCCCCCCCC/C=C\C/C=C\CCCCCOC(=O)CCCCCCCCCCCCCCC. The Kier molecular flexibility index (Phi) is 50.1. The van der Waals surface area contributed by atoms with E-state index in [1.807, 2.05) is 6.08 Å². The van der Waals surface area contributed by atoms with E-state index in [2.05, 4.69) is 43.5 Å². The summed E-state index contributed by atoms with van der Waals surface area (Å²) < 4.78 is 5.44. The molecule has 0 rings (SSSR count). The van der Waals surface area contributed by atoms with Crippen LogP contribution < -0.4 is 5.32 Å². The van der Waals surface area contributed by atoms with Crippen molar-refractivity contribution in [2.75, 3.05) is 13.2 Å². The molecule has 0 aliphatic rings. The van der Waals surface area contributed by atoms with Crippen molar-refractivity contribution in [1.82, 2.24) is 5.32 Å². The van der Waals surface area contributed by atoms with Gasteiger partial charge in [0.05, 0.1) is 25.4 Å². The first-order valence-corrected chi connectivity index (χ1v) is 27.3. The first kappa shape index (κ1) is 60.1. The van der Waals surface area contributed by atoms with Gasteiger partial charge in [-0.05, 0) is 70.6 Å². The van der Waals surface area contributed by atoms with Gasteiger partial charge in [0.2, 0.25) is 5.91 Å². The Morgan fingerprint density at radius 1 is 0.452 bits per heavy atom. The average molecular weight is 872 g/mol. The molecule has 0 aromatic rings. The third-order valence-corrected chi connectivity index (χ3v) is 12.4. The monoisotopic (exact) mass is 872 g/mol. The second-order valence-corrected chi connectivity index (χ2v) is 18.6. The lowest BCUT2D eigenvalue weighted by Gasteiger charge is -2.20. The summed E-state index contributed by atoms with van der Waals surface area (Å²) in [5.74, 6) is -0.0992. The Morgan fingerprint density at radius 3 is 1.23 bits per heavy atom. The normalized spacial score (nSPS) is 12.9. The van der Waals surface area contributed by atoms with Gasteiger partial charge < -0.3 is 20.3 Å². The van der Waals surface area contributed by atoms with Crippen LogP contribution in [-0.2, 0) is 14.3 Å². The number of aliphatic hydroxyl groups is 2. The maximum atomic E-state index is 12.4. The minimum atomic E-state index is -0.854. The lowest BCUT2D eigenvalue weighted by Crippen LogP contribution is -2.45. The predicted molar refractivity (Wildman–Crippen MR) is 269 cm³/mol. The molecule has 1 amide bonds. The van der Waals surface area contributed by atoms with Crippen molar-refractivity contribution >= 4 is 11.9 Å². The van der Waals surface area contributed by atoms with E-state index in [1.54, 1.807) is 6.08 Å².